The number of hydrogen-bond acceptors (Lipinski definition) is 3. The summed E-state index contributed by atoms with van der Waals surface area (Å²) in [5.41, 5.74) is 0.937. The number of carboxylic acids is 1. The lowest BCUT2D eigenvalue weighted by molar-refractivity contribution is -0.143. The molecule has 0 fully saturated rings. The van der Waals surface area contributed by atoms with Crippen LogP contribution in [0.5, 0.6) is 5.75 Å². The molecule has 2 N–H and O–H groups in total. The Bertz CT molecular complexity index is 499. The van der Waals surface area contributed by atoms with Crippen LogP contribution in [0, 0.1) is 5.92 Å². The number of carboxylic acid groups (broad SMARTS) is 1. The molecule has 0 spiro atoms. The van der Waals surface area contributed by atoms with Crippen LogP contribution in [0.4, 0.5) is 0 Å². The van der Waals surface area contributed by atoms with Gasteiger partial charge in [0.2, 0.25) is 5.91 Å². The van der Waals surface area contributed by atoms with E-state index >= 15 is 0 Å². The van der Waals surface area contributed by atoms with Crippen molar-refractivity contribution in [3.63, 3.8) is 0 Å². The number of carbonyl (C=O) groups excluding carboxylic acids is 1. The van der Waals surface area contributed by atoms with E-state index in [1.165, 1.54) is 0 Å². The largest absolute Gasteiger partial charge is 0.496 e. The van der Waals surface area contributed by atoms with E-state index < -0.39 is 12.0 Å². The van der Waals surface area contributed by atoms with Crippen LogP contribution in [-0.4, -0.2) is 30.1 Å². The van der Waals surface area contributed by atoms with Crippen LogP contribution in [0.25, 0.3) is 0 Å². The first-order valence-electron chi connectivity index (χ1n) is 7.01. The van der Waals surface area contributed by atoms with E-state index in [4.69, 9.17) is 9.84 Å². The summed E-state index contributed by atoms with van der Waals surface area (Å²) in [6.07, 6.45) is 0.219. The summed E-state index contributed by atoms with van der Waals surface area (Å²) >= 11 is 0. The van der Waals surface area contributed by atoms with Crippen molar-refractivity contribution in [3.05, 3.63) is 29.8 Å². The molecule has 1 rings (SSSR count). The maximum absolute atomic E-state index is 12.0. The predicted octanol–water partition coefficient (Wildman–Crippen LogP) is 2.41. The summed E-state index contributed by atoms with van der Waals surface area (Å²) < 4.78 is 5.28. The van der Waals surface area contributed by atoms with Crippen molar-refractivity contribution in [1.29, 1.82) is 0 Å². The number of methoxy groups -OCH3 is 1. The SMILES string of the molecule is COc1ccccc1C(C)CC(=O)N[C@H](C(=O)O)C(C)C. The molecule has 1 unspecified atom stereocenters. The Labute approximate surface area is 125 Å². The van der Waals surface area contributed by atoms with Crippen LogP contribution in [0.2, 0.25) is 0 Å². The molecular weight excluding hydrogens is 270 g/mol. The molecule has 0 bridgehead atoms. The molecule has 1 aromatic carbocycles. The minimum atomic E-state index is -1.01. The highest BCUT2D eigenvalue weighted by Crippen LogP contribution is 2.28. The van der Waals surface area contributed by atoms with E-state index in [1.807, 2.05) is 31.2 Å². The molecule has 116 valence electrons. The summed E-state index contributed by atoms with van der Waals surface area (Å²) in [7, 11) is 1.59. The van der Waals surface area contributed by atoms with E-state index in [-0.39, 0.29) is 24.2 Å². The Morgan fingerprint density at radius 3 is 2.38 bits per heavy atom. The van der Waals surface area contributed by atoms with Gasteiger partial charge in [-0.2, -0.15) is 0 Å². The fourth-order valence-electron chi connectivity index (χ4n) is 2.21. The van der Waals surface area contributed by atoms with Crippen molar-refractivity contribution < 1.29 is 19.4 Å². The van der Waals surface area contributed by atoms with Gasteiger partial charge < -0.3 is 15.2 Å². The molecule has 0 aliphatic heterocycles. The number of nitrogens with one attached hydrogen (secondary N) is 1. The molecule has 0 radical (unpaired) electrons. The highest BCUT2D eigenvalue weighted by Gasteiger charge is 2.24. The summed E-state index contributed by atoms with van der Waals surface area (Å²) in [5, 5.41) is 11.7. The first kappa shape index (κ1) is 17.0. The Balaban J connectivity index is 2.72. The van der Waals surface area contributed by atoms with Crippen LogP contribution in [0.15, 0.2) is 24.3 Å². The monoisotopic (exact) mass is 293 g/mol. The summed E-state index contributed by atoms with van der Waals surface area (Å²) in [6, 6.07) is 6.66. The van der Waals surface area contributed by atoms with E-state index in [1.54, 1.807) is 21.0 Å². The maximum atomic E-state index is 12.0. The van der Waals surface area contributed by atoms with Crippen LogP contribution >= 0.6 is 0 Å². The summed E-state index contributed by atoms with van der Waals surface area (Å²) in [6.45, 7) is 5.45. The molecule has 0 aromatic heterocycles. The van der Waals surface area contributed by atoms with Gasteiger partial charge in [0.05, 0.1) is 7.11 Å². The van der Waals surface area contributed by atoms with E-state index in [0.717, 1.165) is 11.3 Å². The second kappa shape index (κ2) is 7.67. The van der Waals surface area contributed by atoms with E-state index in [2.05, 4.69) is 5.32 Å². The zero-order chi connectivity index (χ0) is 16.0. The number of carbonyl (C=O) groups is 2. The molecule has 5 heteroatoms. The zero-order valence-corrected chi connectivity index (χ0v) is 12.9. The Morgan fingerprint density at radius 1 is 1.24 bits per heavy atom. The van der Waals surface area contributed by atoms with Crippen molar-refractivity contribution in [2.24, 2.45) is 5.92 Å². The number of ether oxygens (including phenoxy) is 1. The number of amides is 1. The molecule has 1 aromatic rings. The first-order chi connectivity index (χ1) is 9.86. The Kier molecular flexibility index (Phi) is 6.21. The molecule has 21 heavy (non-hydrogen) atoms. The topological polar surface area (TPSA) is 75.6 Å². The van der Waals surface area contributed by atoms with Crippen LogP contribution in [0.1, 0.15) is 38.7 Å². The second-order valence-corrected chi connectivity index (χ2v) is 5.47. The van der Waals surface area contributed by atoms with Crippen molar-refractivity contribution in [2.75, 3.05) is 7.11 Å². The van der Waals surface area contributed by atoms with Gasteiger partial charge in [-0.25, -0.2) is 4.79 Å². The maximum Gasteiger partial charge on any atom is 0.326 e. The van der Waals surface area contributed by atoms with Crippen LogP contribution in [0.3, 0.4) is 0 Å². The lowest BCUT2D eigenvalue weighted by Crippen LogP contribution is -2.44. The Morgan fingerprint density at radius 2 is 1.86 bits per heavy atom. The predicted molar refractivity (Wildman–Crippen MR) is 80.4 cm³/mol. The third kappa shape index (κ3) is 4.77. The number of hydrogen-bond donors (Lipinski definition) is 2. The van der Waals surface area contributed by atoms with Gasteiger partial charge in [-0.05, 0) is 23.5 Å². The van der Waals surface area contributed by atoms with Crippen molar-refractivity contribution in [2.45, 2.75) is 39.2 Å². The summed E-state index contributed by atoms with van der Waals surface area (Å²) in [4.78, 5) is 23.1. The number of para-hydroxylation sites is 1. The average molecular weight is 293 g/mol. The first-order valence-corrected chi connectivity index (χ1v) is 7.01. The number of aliphatic carboxylic acids is 1. The van der Waals surface area contributed by atoms with Crippen LogP contribution in [-0.2, 0) is 9.59 Å². The average Bonchev–Trinajstić information content (AvgIpc) is 2.43. The molecule has 5 nitrogen and oxygen atoms in total. The fourth-order valence-corrected chi connectivity index (χ4v) is 2.21. The minimum absolute atomic E-state index is 0.0530. The molecule has 0 aliphatic rings. The van der Waals surface area contributed by atoms with E-state index in [0.29, 0.717) is 0 Å². The van der Waals surface area contributed by atoms with Gasteiger partial charge in [0, 0.05) is 6.42 Å². The normalized spacial score (nSPS) is 13.6. The van der Waals surface area contributed by atoms with Gasteiger partial charge in [0.1, 0.15) is 11.8 Å². The molecule has 0 saturated carbocycles. The molecule has 0 heterocycles. The second-order valence-electron chi connectivity index (χ2n) is 5.47. The van der Waals surface area contributed by atoms with Crippen molar-refractivity contribution in [3.8, 4) is 5.75 Å². The van der Waals surface area contributed by atoms with Crippen molar-refractivity contribution >= 4 is 11.9 Å². The van der Waals surface area contributed by atoms with Gasteiger partial charge >= 0.3 is 5.97 Å². The van der Waals surface area contributed by atoms with Gasteiger partial charge in [0.25, 0.3) is 0 Å². The van der Waals surface area contributed by atoms with Crippen LogP contribution < -0.4 is 10.1 Å². The van der Waals surface area contributed by atoms with Crippen molar-refractivity contribution in [1.82, 2.24) is 5.32 Å². The van der Waals surface area contributed by atoms with Gasteiger partial charge in [-0.3, -0.25) is 4.79 Å². The fraction of sp³-hybridized carbons (Fsp3) is 0.500. The van der Waals surface area contributed by atoms with Gasteiger partial charge in [-0.1, -0.05) is 39.0 Å². The third-order valence-corrected chi connectivity index (χ3v) is 3.41. The molecule has 2 atom stereocenters. The quantitative estimate of drug-likeness (QED) is 0.809. The standard InChI is InChI=1S/C16H23NO4/c1-10(2)15(16(19)20)17-14(18)9-11(3)12-7-5-6-8-13(12)21-4/h5-8,10-11,15H,9H2,1-4H3,(H,17,18)(H,19,20)/t11?,15-/m0/s1. The smallest absolute Gasteiger partial charge is 0.326 e. The zero-order valence-electron chi connectivity index (χ0n) is 12.9. The molecular formula is C16H23NO4. The molecule has 0 saturated heterocycles. The highest BCUT2D eigenvalue weighted by molar-refractivity contribution is 5.84. The highest BCUT2D eigenvalue weighted by atomic mass is 16.5. The van der Waals surface area contributed by atoms with E-state index in [9.17, 15) is 9.59 Å². The lowest BCUT2D eigenvalue weighted by Gasteiger charge is -2.20. The molecule has 0 aliphatic carbocycles. The Hall–Kier alpha value is -2.04. The van der Waals surface area contributed by atoms with Gasteiger partial charge in [0.15, 0.2) is 0 Å². The molecule has 1 amide bonds. The lowest BCUT2D eigenvalue weighted by atomic mass is 9.96. The number of rotatable bonds is 7. The van der Waals surface area contributed by atoms with Gasteiger partial charge in [-0.15, -0.1) is 0 Å². The minimum Gasteiger partial charge on any atom is -0.496 e. The third-order valence-electron chi connectivity index (χ3n) is 3.41. The summed E-state index contributed by atoms with van der Waals surface area (Å²) in [5.74, 6) is -0.759. The number of benzene rings is 1.